The van der Waals surface area contributed by atoms with E-state index in [1.54, 1.807) is 17.2 Å². The number of aryl methyl sites for hydroxylation is 1. The van der Waals surface area contributed by atoms with Gasteiger partial charge in [0, 0.05) is 17.6 Å². The van der Waals surface area contributed by atoms with E-state index in [1.165, 1.54) is 11.3 Å². The average Bonchev–Trinajstić information content (AvgIpc) is 3.14. The number of nitrogens with one attached hydrogen (secondary N) is 1. The summed E-state index contributed by atoms with van der Waals surface area (Å²) in [6.07, 6.45) is 3.06. The van der Waals surface area contributed by atoms with Crippen LogP contribution >= 0.6 is 11.3 Å². The lowest BCUT2D eigenvalue weighted by Gasteiger charge is -2.23. The molecule has 152 valence electrons. The molecule has 0 radical (unpaired) electrons. The Morgan fingerprint density at radius 2 is 2.00 bits per heavy atom. The summed E-state index contributed by atoms with van der Waals surface area (Å²) in [6.45, 7) is 9.23. The molecule has 0 fully saturated rings. The molecule has 2 rings (SSSR count). The van der Waals surface area contributed by atoms with Gasteiger partial charge < -0.3 is 15.0 Å². The fourth-order valence-corrected chi connectivity index (χ4v) is 3.51. The fourth-order valence-electron chi connectivity index (χ4n) is 2.73. The minimum absolute atomic E-state index is 0.155. The molecular formula is C21H29N3O3S. The van der Waals surface area contributed by atoms with Gasteiger partial charge in [-0.3, -0.25) is 0 Å². The number of thiazole rings is 1. The highest BCUT2D eigenvalue weighted by atomic mass is 32.1. The molecule has 28 heavy (non-hydrogen) atoms. The molecule has 7 heteroatoms. The van der Waals surface area contributed by atoms with Crippen LogP contribution in [0, 0.1) is 13.8 Å². The van der Waals surface area contributed by atoms with Crippen molar-refractivity contribution in [1.29, 1.82) is 0 Å². The molecule has 1 aromatic heterocycles. The molecule has 0 unspecified atom stereocenters. The van der Waals surface area contributed by atoms with E-state index in [1.807, 2.05) is 32.0 Å². The second-order valence-electron chi connectivity index (χ2n) is 6.65. The zero-order valence-electron chi connectivity index (χ0n) is 17.1. The highest BCUT2D eigenvalue weighted by molar-refractivity contribution is 7.09. The Balaban J connectivity index is 2.11. The Hall–Kier alpha value is -2.41. The van der Waals surface area contributed by atoms with Gasteiger partial charge in [-0.1, -0.05) is 31.9 Å². The number of urea groups is 1. The Kier molecular flexibility index (Phi) is 8.44. The standard InChI is InChI=1S/C21H29N3O3S/c1-5-7-8-12-24(13-19-22-18(14-28-19)20(25)27-6-2)21(26)23-17-11-9-10-15(3)16(17)4/h9-11,14H,5-8,12-13H2,1-4H3,(H,23,26). The Bertz CT molecular complexity index is 804. The fraction of sp³-hybridized carbons (Fsp3) is 0.476. The second kappa shape index (κ2) is 10.8. The van der Waals surface area contributed by atoms with Crippen LogP contribution in [0.4, 0.5) is 10.5 Å². The molecule has 0 bridgehead atoms. The van der Waals surface area contributed by atoms with Crippen LogP contribution < -0.4 is 5.32 Å². The molecule has 0 spiro atoms. The van der Waals surface area contributed by atoms with Crippen molar-refractivity contribution in [3.05, 3.63) is 45.4 Å². The van der Waals surface area contributed by atoms with E-state index in [2.05, 4.69) is 17.2 Å². The monoisotopic (exact) mass is 403 g/mol. The summed E-state index contributed by atoms with van der Waals surface area (Å²) in [6, 6.07) is 5.72. The van der Waals surface area contributed by atoms with E-state index in [9.17, 15) is 9.59 Å². The van der Waals surface area contributed by atoms with Crippen LogP contribution in [0.15, 0.2) is 23.6 Å². The number of benzene rings is 1. The molecule has 0 aliphatic carbocycles. The lowest BCUT2D eigenvalue weighted by atomic mass is 10.1. The highest BCUT2D eigenvalue weighted by Crippen LogP contribution is 2.20. The third-order valence-electron chi connectivity index (χ3n) is 4.53. The second-order valence-corrected chi connectivity index (χ2v) is 7.60. The van der Waals surface area contributed by atoms with E-state index >= 15 is 0 Å². The van der Waals surface area contributed by atoms with Crippen molar-refractivity contribution in [2.45, 2.75) is 53.5 Å². The quantitative estimate of drug-likeness (QED) is 0.464. The van der Waals surface area contributed by atoms with Gasteiger partial charge in [0.15, 0.2) is 5.69 Å². The van der Waals surface area contributed by atoms with Crippen LogP contribution in [0.5, 0.6) is 0 Å². The van der Waals surface area contributed by atoms with Gasteiger partial charge >= 0.3 is 12.0 Å². The summed E-state index contributed by atoms with van der Waals surface area (Å²) in [5.74, 6) is -0.428. The zero-order chi connectivity index (χ0) is 20.5. The number of hydrogen-bond donors (Lipinski definition) is 1. The number of rotatable bonds is 9. The number of nitrogens with zero attached hydrogens (tertiary/aromatic N) is 2. The predicted molar refractivity (Wildman–Crippen MR) is 113 cm³/mol. The lowest BCUT2D eigenvalue weighted by molar-refractivity contribution is 0.0520. The summed E-state index contributed by atoms with van der Waals surface area (Å²) in [7, 11) is 0. The van der Waals surface area contributed by atoms with Gasteiger partial charge in [0.1, 0.15) is 5.01 Å². The van der Waals surface area contributed by atoms with Crippen LogP contribution in [0.1, 0.15) is 59.7 Å². The number of esters is 1. The highest BCUT2D eigenvalue weighted by Gasteiger charge is 2.18. The van der Waals surface area contributed by atoms with Crippen LogP contribution in [-0.2, 0) is 11.3 Å². The summed E-state index contributed by atoms with van der Waals surface area (Å²) in [5.41, 5.74) is 3.31. The first kappa shape index (κ1) is 21.9. The van der Waals surface area contributed by atoms with E-state index < -0.39 is 5.97 Å². The van der Waals surface area contributed by atoms with Gasteiger partial charge in [0.05, 0.1) is 13.2 Å². The molecule has 0 saturated carbocycles. The number of carbonyl (C=O) groups is 2. The number of ether oxygens (including phenoxy) is 1. The molecule has 0 aliphatic heterocycles. The minimum atomic E-state index is -0.428. The molecule has 0 saturated heterocycles. The topological polar surface area (TPSA) is 71.5 Å². The number of hydrogen-bond acceptors (Lipinski definition) is 5. The number of anilines is 1. The molecule has 1 N–H and O–H groups in total. The van der Waals surface area contributed by atoms with Crippen molar-refractivity contribution >= 4 is 29.0 Å². The molecule has 1 aromatic carbocycles. The van der Waals surface area contributed by atoms with Crippen LogP contribution in [-0.4, -0.2) is 35.0 Å². The molecule has 2 aromatic rings. The number of carbonyl (C=O) groups excluding carboxylic acids is 2. The third-order valence-corrected chi connectivity index (χ3v) is 5.36. The van der Waals surface area contributed by atoms with Crippen molar-refractivity contribution in [1.82, 2.24) is 9.88 Å². The summed E-state index contributed by atoms with van der Waals surface area (Å²) in [5, 5.41) is 5.42. The maximum Gasteiger partial charge on any atom is 0.357 e. The van der Waals surface area contributed by atoms with Crippen molar-refractivity contribution in [2.75, 3.05) is 18.5 Å². The normalized spacial score (nSPS) is 10.6. The van der Waals surface area contributed by atoms with Gasteiger partial charge in [-0.15, -0.1) is 11.3 Å². The molecule has 6 nitrogen and oxygen atoms in total. The molecule has 0 aliphatic rings. The SMILES string of the molecule is CCCCCN(Cc1nc(C(=O)OCC)cs1)C(=O)Nc1cccc(C)c1C. The zero-order valence-corrected chi connectivity index (χ0v) is 17.9. The predicted octanol–water partition coefficient (Wildman–Crippen LogP) is 5.16. The first-order valence-corrected chi connectivity index (χ1v) is 10.6. The van der Waals surface area contributed by atoms with Crippen molar-refractivity contribution in [3.63, 3.8) is 0 Å². The maximum absolute atomic E-state index is 12.9. The Morgan fingerprint density at radius 3 is 2.71 bits per heavy atom. The van der Waals surface area contributed by atoms with E-state index in [0.29, 0.717) is 25.4 Å². The maximum atomic E-state index is 12.9. The van der Waals surface area contributed by atoms with Crippen molar-refractivity contribution < 1.29 is 14.3 Å². The molecular weight excluding hydrogens is 374 g/mol. The van der Waals surface area contributed by atoms with Crippen LogP contribution in [0.3, 0.4) is 0 Å². The van der Waals surface area contributed by atoms with E-state index in [0.717, 1.165) is 41.1 Å². The van der Waals surface area contributed by atoms with Gasteiger partial charge in [0.25, 0.3) is 0 Å². The smallest absolute Gasteiger partial charge is 0.357 e. The summed E-state index contributed by atoms with van der Waals surface area (Å²) in [4.78, 5) is 30.8. The molecule has 0 atom stereocenters. The summed E-state index contributed by atoms with van der Waals surface area (Å²) >= 11 is 1.37. The van der Waals surface area contributed by atoms with Gasteiger partial charge in [-0.2, -0.15) is 0 Å². The minimum Gasteiger partial charge on any atom is -0.461 e. The van der Waals surface area contributed by atoms with E-state index in [4.69, 9.17) is 4.74 Å². The number of unbranched alkanes of at least 4 members (excludes halogenated alkanes) is 2. The van der Waals surface area contributed by atoms with Gasteiger partial charge in [-0.05, 0) is 44.4 Å². The molecule has 1 heterocycles. The lowest BCUT2D eigenvalue weighted by Crippen LogP contribution is -2.35. The Labute approximate surface area is 170 Å². The first-order chi connectivity index (χ1) is 13.5. The summed E-state index contributed by atoms with van der Waals surface area (Å²) < 4.78 is 4.99. The van der Waals surface area contributed by atoms with Crippen LogP contribution in [0.25, 0.3) is 0 Å². The van der Waals surface area contributed by atoms with E-state index in [-0.39, 0.29) is 6.03 Å². The molecule has 2 amide bonds. The largest absolute Gasteiger partial charge is 0.461 e. The number of amides is 2. The Morgan fingerprint density at radius 1 is 1.21 bits per heavy atom. The van der Waals surface area contributed by atoms with Gasteiger partial charge in [-0.25, -0.2) is 14.6 Å². The van der Waals surface area contributed by atoms with Crippen LogP contribution in [0.2, 0.25) is 0 Å². The first-order valence-electron chi connectivity index (χ1n) is 9.69. The average molecular weight is 404 g/mol. The van der Waals surface area contributed by atoms with Crippen molar-refractivity contribution in [2.24, 2.45) is 0 Å². The number of aromatic nitrogens is 1. The van der Waals surface area contributed by atoms with Crippen molar-refractivity contribution in [3.8, 4) is 0 Å². The third kappa shape index (κ3) is 6.05. The van der Waals surface area contributed by atoms with Gasteiger partial charge in [0.2, 0.25) is 0 Å².